The minimum atomic E-state index is -0.789. The number of hydrogen-bond donors (Lipinski definition) is 1. The average Bonchev–Trinajstić information content (AvgIpc) is 3.11. The molecule has 0 amide bonds. The maximum Gasteiger partial charge on any atom is 0.312 e. The van der Waals surface area contributed by atoms with Crippen molar-refractivity contribution in [3.63, 3.8) is 0 Å². The zero-order valence-corrected chi connectivity index (χ0v) is 14.1. The summed E-state index contributed by atoms with van der Waals surface area (Å²) in [6.07, 6.45) is 4.19. The maximum atomic E-state index is 13.0. The van der Waals surface area contributed by atoms with E-state index in [4.69, 9.17) is 0 Å². The van der Waals surface area contributed by atoms with Gasteiger partial charge in [0.05, 0.1) is 11.6 Å². The first-order valence-corrected chi connectivity index (χ1v) is 9.09. The molecule has 23 heavy (non-hydrogen) atoms. The van der Waals surface area contributed by atoms with Gasteiger partial charge in [0.15, 0.2) is 0 Å². The predicted molar refractivity (Wildman–Crippen MR) is 90.4 cm³/mol. The Balaban J connectivity index is 2.14. The van der Waals surface area contributed by atoms with Crippen molar-refractivity contribution in [2.45, 2.75) is 51.5 Å². The number of carboxylic acid groups (broad SMARTS) is 1. The van der Waals surface area contributed by atoms with E-state index in [-0.39, 0.29) is 5.78 Å². The topological polar surface area (TPSA) is 59.3 Å². The molecule has 0 saturated carbocycles. The molecule has 2 aromatic rings. The number of thiophene rings is 1. The fraction of sp³-hybridized carbons (Fsp3) is 0.444. The van der Waals surface area contributed by atoms with Gasteiger partial charge in [-0.15, -0.1) is 0 Å². The molecule has 1 unspecified atom stereocenters. The van der Waals surface area contributed by atoms with E-state index in [9.17, 15) is 14.7 Å². The third-order valence-electron chi connectivity index (χ3n) is 4.51. The number of nitrogens with zero attached hydrogens (tertiary/aromatic N) is 1. The molecule has 3 heterocycles. The molecule has 0 spiro atoms. The van der Waals surface area contributed by atoms with Crippen molar-refractivity contribution >= 4 is 23.1 Å². The van der Waals surface area contributed by atoms with E-state index >= 15 is 0 Å². The standard InChI is InChI=1S/C18H21NO3S/c1-2-5-12-10-15-14(18(21)22)6-3-4-8-19(15)16(12)17(20)13-7-9-23-11-13/h7,9-11,14H,2-6,8H2,1H3,(H,21,22). The van der Waals surface area contributed by atoms with Gasteiger partial charge in [-0.3, -0.25) is 9.59 Å². The summed E-state index contributed by atoms with van der Waals surface area (Å²) in [7, 11) is 0. The Morgan fingerprint density at radius 1 is 1.39 bits per heavy atom. The molecule has 0 saturated heterocycles. The summed E-state index contributed by atoms with van der Waals surface area (Å²) in [6.45, 7) is 2.81. The van der Waals surface area contributed by atoms with E-state index in [1.54, 1.807) is 0 Å². The number of aryl methyl sites for hydroxylation is 1. The van der Waals surface area contributed by atoms with Crippen LogP contribution in [0.25, 0.3) is 0 Å². The third kappa shape index (κ3) is 2.98. The molecule has 4 nitrogen and oxygen atoms in total. The van der Waals surface area contributed by atoms with Crippen molar-refractivity contribution in [3.05, 3.63) is 45.4 Å². The highest BCUT2D eigenvalue weighted by Crippen LogP contribution is 2.33. The lowest BCUT2D eigenvalue weighted by atomic mass is 9.98. The van der Waals surface area contributed by atoms with Crippen LogP contribution in [0.15, 0.2) is 22.9 Å². The number of carbonyl (C=O) groups is 2. The molecule has 1 atom stereocenters. The molecule has 5 heteroatoms. The van der Waals surface area contributed by atoms with Gasteiger partial charge in [-0.25, -0.2) is 0 Å². The van der Waals surface area contributed by atoms with Crippen LogP contribution in [-0.4, -0.2) is 21.4 Å². The van der Waals surface area contributed by atoms with Gasteiger partial charge in [-0.2, -0.15) is 11.3 Å². The zero-order valence-electron chi connectivity index (χ0n) is 13.2. The molecule has 0 aliphatic carbocycles. The van der Waals surface area contributed by atoms with Gasteiger partial charge in [-0.1, -0.05) is 19.8 Å². The summed E-state index contributed by atoms with van der Waals surface area (Å²) in [5, 5.41) is 13.3. The number of rotatable bonds is 5. The van der Waals surface area contributed by atoms with Gasteiger partial charge in [0.1, 0.15) is 0 Å². The van der Waals surface area contributed by atoms with Gasteiger partial charge in [0.25, 0.3) is 0 Å². The Morgan fingerprint density at radius 3 is 2.87 bits per heavy atom. The lowest BCUT2D eigenvalue weighted by molar-refractivity contribution is -0.139. The number of carboxylic acids is 1. The first kappa shape index (κ1) is 16.0. The molecule has 1 aliphatic rings. The highest BCUT2D eigenvalue weighted by atomic mass is 32.1. The second-order valence-electron chi connectivity index (χ2n) is 6.07. The van der Waals surface area contributed by atoms with Crippen molar-refractivity contribution in [2.75, 3.05) is 0 Å². The Morgan fingerprint density at radius 2 is 2.22 bits per heavy atom. The van der Waals surface area contributed by atoms with Crippen molar-refractivity contribution in [3.8, 4) is 0 Å². The highest BCUT2D eigenvalue weighted by Gasteiger charge is 2.30. The first-order valence-electron chi connectivity index (χ1n) is 8.15. The van der Waals surface area contributed by atoms with Gasteiger partial charge in [0, 0.05) is 23.2 Å². The summed E-state index contributed by atoms with van der Waals surface area (Å²) in [6, 6.07) is 3.81. The smallest absolute Gasteiger partial charge is 0.312 e. The fourth-order valence-electron chi connectivity index (χ4n) is 3.43. The highest BCUT2D eigenvalue weighted by molar-refractivity contribution is 7.08. The van der Waals surface area contributed by atoms with Crippen LogP contribution in [0.4, 0.5) is 0 Å². The van der Waals surface area contributed by atoms with E-state index in [1.807, 2.05) is 27.5 Å². The van der Waals surface area contributed by atoms with Crippen LogP contribution in [0, 0.1) is 0 Å². The van der Waals surface area contributed by atoms with Crippen LogP contribution < -0.4 is 0 Å². The predicted octanol–water partition coefficient (Wildman–Crippen LogP) is 4.09. The number of hydrogen-bond acceptors (Lipinski definition) is 3. The Kier molecular flexibility index (Phi) is 4.66. The van der Waals surface area contributed by atoms with Gasteiger partial charge in [-0.05, 0) is 42.3 Å². The molecule has 0 fully saturated rings. The lowest BCUT2D eigenvalue weighted by Gasteiger charge is -2.13. The van der Waals surface area contributed by atoms with Gasteiger partial charge < -0.3 is 9.67 Å². The molecule has 3 rings (SSSR count). The second kappa shape index (κ2) is 6.71. The average molecular weight is 331 g/mol. The van der Waals surface area contributed by atoms with Gasteiger partial charge in [0.2, 0.25) is 5.78 Å². The van der Waals surface area contributed by atoms with E-state index in [0.717, 1.165) is 43.5 Å². The van der Waals surface area contributed by atoms with E-state index in [1.165, 1.54) is 11.3 Å². The van der Waals surface area contributed by atoms with E-state index in [0.29, 0.717) is 17.7 Å². The molecule has 1 aliphatic heterocycles. The summed E-state index contributed by atoms with van der Waals surface area (Å²) in [4.78, 5) is 24.6. The number of ketones is 1. The molecular formula is C18H21NO3S. The second-order valence-corrected chi connectivity index (χ2v) is 6.85. The van der Waals surface area contributed by atoms with Crippen molar-refractivity contribution in [1.82, 2.24) is 4.57 Å². The summed E-state index contributed by atoms with van der Waals surface area (Å²) in [5.74, 6) is -1.27. The largest absolute Gasteiger partial charge is 0.481 e. The van der Waals surface area contributed by atoms with Crippen LogP contribution in [0.1, 0.15) is 65.8 Å². The van der Waals surface area contributed by atoms with Crippen molar-refractivity contribution in [2.24, 2.45) is 0 Å². The van der Waals surface area contributed by atoms with Crippen molar-refractivity contribution < 1.29 is 14.7 Å². The SMILES string of the molecule is CCCc1cc2n(c1C(=O)c1ccsc1)CCCCC2C(=O)O. The van der Waals surface area contributed by atoms with Crippen LogP contribution >= 0.6 is 11.3 Å². The van der Waals surface area contributed by atoms with Crippen molar-refractivity contribution in [1.29, 1.82) is 0 Å². The minimum Gasteiger partial charge on any atom is -0.481 e. The molecule has 0 radical (unpaired) electrons. The first-order chi connectivity index (χ1) is 11.1. The Labute approximate surface area is 139 Å². The molecule has 2 aromatic heterocycles. The minimum absolute atomic E-state index is 0.0204. The molecular weight excluding hydrogens is 310 g/mol. The van der Waals surface area contributed by atoms with Crippen LogP contribution in [-0.2, 0) is 17.8 Å². The molecule has 1 N–H and O–H groups in total. The van der Waals surface area contributed by atoms with E-state index < -0.39 is 11.9 Å². The summed E-state index contributed by atoms with van der Waals surface area (Å²) >= 11 is 1.51. The fourth-order valence-corrected chi connectivity index (χ4v) is 4.07. The number of aromatic nitrogens is 1. The molecule has 0 bridgehead atoms. The number of carbonyl (C=O) groups excluding carboxylic acids is 1. The molecule has 0 aromatic carbocycles. The number of aliphatic carboxylic acids is 1. The van der Waals surface area contributed by atoms with Gasteiger partial charge >= 0.3 is 5.97 Å². The van der Waals surface area contributed by atoms with Crippen LogP contribution in [0.5, 0.6) is 0 Å². The lowest BCUT2D eigenvalue weighted by Crippen LogP contribution is -2.17. The third-order valence-corrected chi connectivity index (χ3v) is 5.19. The van der Waals surface area contributed by atoms with Crippen LogP contribution in [0.3, 0.4) is 0 Å². The Bertz CT molecular complexity index is 715. The Hall–Kier alpha value is -1.88. The number of fused-ring (bicyclic) bond motifs is 1. The normalized spacial score (nSPS) is 17.5. The monoisotopic (exact) mass is 331 g/mol. The maximum absolute atomic E-state index is 13.0. The van der Waals surface area contributed by atoms with Crippen LogP contribution in [0.2, 0.25) is 0 Å². The quantitative estimate of drug-likeness (QED) is 0.840. The zero-order chi connectivity index (χ0) is 16.4. The summed E-state index contributed by atoms with van der Waals surface area (Å²) < 4.78 is 1.98. The molecule has 122 valence electrons. The summed E-state index contributed by atoms with van der Waals surface area (Å²) in [5.41, 5.74) is 3.20. The van der Waals surface area contributed by atoms with E-state index in [2.05, 4.69) is 6.92 Å².